The molecule has 2 heterocycles. The lowest BCUT2D eigenvalue weighted by Gasteiger charge is -2.34. The number of hydrogen-bond acceptors (Lipinski definition) is 5. The predicted molar refractivity (Wildman–Crippen MR) is 114 cm³/mol. The quantitative estimate of drug-likeness (QED) is 0.642. The molecule has 186 valence electrons. The third-order valence-corrected chi connectivity index (χ3v) is 5.24. The van der Waals surface area contributed by atoms with Gasteiger partial charge in [0.1, 0.15) is 17.1 Å². The number of ether oxygens (including phenoxy) is 1. The Morgan fingerprint density at radius 1 is 1.21 bits per heavy atom. The molecular formula is C22H27F4N5O3. The highest BCUT2D eigenvalue weighted by Gasteiger charge is 2.42. The maximum Gasteiger partial charge on any atom is 0.435 e. The average Bonchev–Trinajstić information content (AvgIpc) is 3.19. The standard InChI is InChI=1S/C22H27F4N5O3/c1-21(2,3)34-20(33)30-12-6-7-14(13-30)10-11-27-19(32)17-18(22(24,25)26)31(29-28-17)16-9-5-4-8-15(16)23/h4-5,8-9,14H,6-7,10-13H2,1-3H3,(H,27,32). The number of carbonyl (C=O) groups is 2. The molecule has 1 unspecified atom stereocenters. The first-order valence-electron chi connectivity index (χ1n) is 10.9. The first-order valence-corrected chi connectivity index (χ1v) is 10.9. The van der Waals surface area contributed by atoms with Crippen LogP contribution in [0.5, 0.6) is 0 Å². The zero-order valence-corrected chi connectivity index (χ0v) is 19.2. The van der Waals surface area contributed by atoms with Gasteiger partial charge in [0.05, 0.1) is 0 Å². The Labute approximate surface area is 194 Å². The minimum Gasteiger partial charge on any atom is -0.444 e. The van der Waals surface area contributed by atoms with E-state index in [-0.39, 0.29) is 17.1 Å². The Hall–Kier alpha value is -3.18. The number of hydrogen-bond donors (Lipinski definition) is 1. The lowest BCUT2D eigenvalue weighted by Crippen LogP contribution is -2.43. The third kappa shape index (κ3) is 6.23. The number of carbonyl (C=O) groups excluding carboxylic acids is 2. The summed E-state index contributed by atoms with van der Waals surface area (Å²) in [4.78, 5) is 26.4. The Balaban J connectivity index is 1.64. The van der Waals surface area contributed by atoms with Crippen molar-refractivity contribution in [1.82, 2.24) is 25.2 Å². The van der Waals surface area contributed by atoms with E-state index >= 15 is 0 Å². The number of alkyl halides is 3. The van der Waals surface area contributed by atoms with Crippen molar-refractivity contribution in [3.05, 3.63) is 41.5 Å². The van der Waals surface area contributed by atoms with Crippen LogP contribution in [0.3, 0.4) is 0 Å². The van der Waals surface area contributed by atoms with Crippen molar-refractivity contribution in [1.29, 1.82) is 0 Å². The second kappa shape index (κ2) is 9.98. The molecule has 2 aromatic rings. The van der Waals surface area contributed by atoms with Crippen LogP contribution in [-0.4, -0.2) is 57.1 Å². The zero-order valence-electron chi connectivity index (χ0n) is 19.2. The van der Waals surface area contributed by atoms with Gasteiger partial charge in [-0.1, -0.05) is 17.3 Å². The molecule has 1 aliphatic heterocycles. The van der Waals surface area contributed by atoms with E-state index in [0.717, 1.165) is 25.0 Å². The Morgan fingerprint density at radius 3 is 2.56 bits per heavy atom. The van der Waals surface area contributed by atoms with Crippen LogP contribution in [0.2, 0.25) is 0 Å². The van der Waals surface area contributed by atoms with E-state index < -0.39 is 46.7 Å². The molecule has 0 aliphatic carbocycles. The van der Waals surface area contributed by atoms with Gasteiger partial charge in [0.2, 0.25) is 0 Å². The fourth-order valence-corrected chi connectivity index (χ4v) is 3.75. The molecule has 3 rings (SSSR count). The summed E-state index contributed by atoms with van der Waals surface area (Å²) < 4.78 is 60.9. The molecule has 2 amide bonds. The van der Waals surface area contributed by atoms with Crippen LogP contribution >= 0.6 is 0 Å². The highest BCUT2D eigenvalue weighted by molar-refractivity contribution is 5.93. The van der Waals surface area contributed by atoms with E-state index in [2.05, 4.69) is 15.6 Å². The number of halogens is 4. The molecule has 1 aliphatic rings. The van der Waals surface area contributed by atoms with E-state index in [0.29, 0.717) is 19.5 Å². The van der Waals surface area contributed by atoms with Crippen molar-refractivity contribution in [3.63, 3.8) is 0 Å². The molecule has 34 heavy (non-hydrogen) atoms. The van der Waals surface area contributed by atoms with Gasteiger partial charge in [-0.2, -0.15) is 13.2 Å². The van der Waals surface area contributed by atoms with Gasteiger partial charge in [-0.05, 0) is 58.1 Å². The van der Waals surface area contributed by atoms with E-state index in [4.69, 9.17) is 4.74 Å². The number of rotatable bonds is 5. The van der Waals surface area contributed by atoms with Crippen molar-refractivity contribution < 1.29 is 31.9 Å². The van der Waals surface area contributed by atoms with Crippen LogP contribution < -0.4 is 5.32 Å². The maximum absolute atomic E-state index is 14.0. The van der Waals surface area contributed by atoms with Gasteiger partial charge in [0, 0.05) is 19.6 Å². The van der Waals surface area contributed by atoms with Crippen LogP contribution in [0.15, 0.2) is 24.3 Å². The Kier molecular flexibility index (Phi) is 7.47. The molecule has 12 heteroatoms. The second-order valence-electron chi connectivity index (χ2n) is 9.13. The van der Waals surface area contributed by atoms with E-state index in [1.165, 1.54) is 12.1 Å². The maximum atomic E-state index is 14.0. The highest BCUT2D eigenvalue weighted by atomic mass is 19.4. The smallest absolute Gasteiger partial charge is 0.435 e. The number of piperidine rings is 1. The monoisotopic (exact) mass is 485 g/mol. The minimum atomic E-state index is -4.99. The Morgan fingerprint density at radius 2 is 1.91 bits per heavy atom. The number of nitrogens with zero attached hydrogens (tertiary/aromatic N) is 4. The SMILES string of the molecule is CC(C)(C)OC(=O)N1CCCC(CCNC(=O)c2nnn(-c3ccccc3F)c2C(F)(F)F)C1. The van der Waals surface area contributed by atoms with Gasteiger partial charge >= 0.3 is 12.3 Å². The molecule has 0 saturated carbocycles. The molecular weight excluding hydrogens is 458 g/mol. The van der Waals surface area contributed by atoms with Crippen LogP contribution in [0, 0.1) is 11.7 Å². The van der Waals surface area contributed by atoms with Gasteiger partial charge in [0.25, 0.3) is 5.91 Å². The van der Waals surface area contributed by atoms with E-state index in [1.54, 1.807) is 25.7 Å². The van der Waals surface area contributed by atoms with E-state index in [9.17, 15) is 27.2 Å². The van der Waals surface area contributed by atoms with Crippen LogP contribution in [-0.2, 0) is 10.9 Å². The number of nitrogens with one attached hydrogen (secondary N) is 1. The molecule has 0 spiro atoms. The first kappa shape index (κ1) is 25.4. The van der Waals surface area contributed by atoms with Crippen LogP contribution in [0.25, 0.3) is 5.69 Å². The van der Waals surface area contributed by atoms with Crippen molar-refractivity contribution in [3.8, 4) is 5.69 Å². The summed E-state index contributed by atoms with van der Waals surface area (Å²) in [6.07, 6.45) is -3.39. The average molecular weight is 485 g/mol. The topological polar surface area (TPSA) is 89.3 Å². The molecule has 1 N–H and O–H groups in total. The molecule has 8 nitrogen and oxygen atoms in total. The minimum absolute atomic E-state index is 0.0535. The number of benzene rings is 1. The first-order chi connectivity index (χ1) is 15.9. The summed E-state index contributed by atoms with van der Waals surface area (Å²) in [6.45, 7) is 6.40. The van der Waals surface area contributed by atoms with Crippen molar-refractivity contribution in [2.24, 2.45) is 5.92 Å². The van der Waals surface area contributed by atoms with Crippen LogP contribution in [0.1, 0.15) is 56.2 Å². The van der Waals surface area contributed by atoms with Gasteiger partial charge in [0.15, 0.2) is 11.4 Å². The molecule has 0 bridgehead atoms. The largest absolute Gasteiger partial charge is 0.444 e. The van der Waals surface area contributed by atoms with Gasteiger partial charge < -0.3 is 15.0 Å². The highest BCUT2D eigenvalue weighted by Crippen LogP contribution is 2.33. The summed E-state index contributed by atoms with van der Waals surface area (Å²) in [7, 11) is 0. The van der Waals surface area contributed by atoms with Gasteiger partial charge in [-0.15, -0.1) is 5.10 Å². The lowest BCUT2D eigenvalue weighted by molar-refractivity contribution is -0.143. The second-order valence-corrected chi connectivity index (χ2v) is 9.13. The normalized spacial score (nSPS) is 16.9. The molecule has 1 atom stereocenters. The molecule has 1 fully saturated rings. The molecule has 1 saturated heterocycles. The predicted octanol–water partition coefficient (Wildman–Crippen LogP) is 4.19. The summed E-state index contributed by atoms with van der Waals surface area (Å²) in [5, 5.41) is 9.20. The lowest BCUT2D eigenvalue weighted by atomic mass is 9.95. The fraction of sp³-hybridized carbons (Fsp3) is 0.545. The molecule has 1 aromatic heterocycles. The summed E-state index contributed by atoms with van der Waals surface area (Å²) in [6, 6.07) is 4.78. The summed E-state index contributed by atoms with van der Waals surface area (Å²) in [5.74, 6) is -1.94. The van der Waals surface area contributed by atoms with Crippen molar-refractivity contribution in [2.75, 3.05) is 19.6 Å². The van der Waals surface area contributed by atoms with Gasteiger partial charge in [-0.25, -0.2) is 13.9 Å². The summed E-state index contributed by atoms with van der Waals surface area (Å²) >= 11 is 0. The third-order valence-electron chi connectivity index (χ3n) is 5.24. The van der Waals surface area contributed by atoms with Crippen molar-refractivity contribution in [2.45, 2.75) is 51.8 Å². The fourth-order valence-electron chi connectivity index (χ4n) is 3.75. The summed E-state index contributed by atoms with van der Waals surface area (Å²) in [5.41, 5.74) is -3.47. The zero-order chi connectivity index (χ0) is 25.1. The molecule has 0 radical (unpaired) electrons. The molecule has 1 aromatic carbocycles. The number of aromatic nitrogens is 3. The number of amides is 2. The van der Waals surface area contributed by atoms with Gasteiger partial charge in [-0.3, -0.25) is 4.79 Å². The van der Waals surface area contributed by atoms with Crippen molar-refractivity contribution >= 4 is 12.0 Å². The van der Waals surface area contributed by atoms with E-state index in [1.807, 2.05) is 0 Å². The van der Waals surface area contributed by atoms with Crippen LogP contribution in [0.4, 0.5) is 22.4 Å². The number of para-hydroxylation sites is 1. The Bertz CT molecular complexity index is 1030. The number of likely N-dealkylation sites (tertiary alicyclic amines) is 1.